The Bertz CT molecular complexity index is 1050. The topological polar surface area (TPSA) is 61.8 Å². The second kappa shape index (κ2) is 57.4. The van der Waals surface area contributed by atoms with Crippen molar-refractivity contribution in [2.24, 2.45) is 0 Å². The lowest BCUT2D eigenvalue weighted by molar-refractivity contribution is -0.163. The second-order valence-electron chi connectivity index (χ2n) is 19.9. The molecular formula is C61H114O5. The molecule has 0 aliphatic rings. The zero-order chi connectivity index (χ0) is 47.7. The molecule has 1 unspecified atom stereocenters. The van der Waals surface area contributed by atoms with Crippen LogP contribution in [0.4, 0.5) is 0 Å². The molecule has 0 saturated carbocycles. The maximum Gasteiger partial charge on any atom is 0.306 e. The van der Waals surface area contributed by atoms with Gasteiger partial charge in [0.05, 0.1) is 6.61 Å². The smallest absolute Gasteiger partial charge is 0.306 e. The summed E-state index contributed by atoms with van der Waals surface area (Å²) in [5.74, 6) is -0.385. The van der Waals surface area contributed by atoms with Crippen LogP contribution >= 0.6 is 0 Å². The average Bonchev–Trinajstić information content (AvgIpc) is 3.32. The number of unbranched alkanes of at least 4 members (excludes halogenated alkanes) is 38. The van der Waals surface area contributed by atoms with Gasteiger partial charge in [0.2, 0.25) is 0 Å². The van der Waals surface area contributed by atoms with Crippen LogP contribution in [0.2, 0.25) is 0 Å². The number of hydrogen-bond donors (Lipinski definition) is 0. The van der Waals surface area contributed by atoms with E-state index in [9.17, 15) is 9.59 Å². The van der Waals surface area contributed by atoms with Gasteiger partial charge in [0, 0.05) is 19.4 Å². The second-order valence-corrected chi connectivity index (χ2v) is 19.9. The zero-order valence-electron chi connectivity index (χ0n) is 44.7. The molecule has 0 aliphatic carbocycles. The fraction of sp³-hybridized carbons (Fsp3) is 0.869. The first-order valence-corrected chi connectivity index (χ1v) is 29.5. The highest BCUT2D eigenvalue weighted by atomic mass is 16.6. The molecule has 0 heterocycles. The Morgan fingerprint density at radius 1 is 0.333 bits per heavy atom. The number of carbonyl (C=O) groups excluding carboxylic acids is 2. The lowest BCUT2D eigenvalue weighted by atomic mass is 10.0. The van der Waals surface area contributed by atoms with E-state index in [1.807, 2.05) is 0 Å². The number of esters is 2. The predicted molar refractivity (Wildman–Crippen MR) is 288 cm³/mol. The van der Waals surface area contributed by atoms with Crippen molar-refractivity contribution in [1.82, 2.24) is 0 Å². The van der Waals surface area contributed by atoms with E-state index in [-0.39, 0.29) is 25.2 Å². The van der Waals surface area contributed by atoms with Crippen LogP contribution in [0.15, 0.2) is 36.5 Å². The molecule has 5 heteroatoms. The molecule has 0 bridgehead atoms. The van der Waals surface area contributed by atoms with Gasteiger partial charge >= 0.3 is 11.9 Å². The molecule has 0 aromatic rings. The van der Waals surface area contributed by atoms with Crippen LogP contribution in [0.5, 0.6) is 0 Å². The molecule has 0 N–H and O–H groups in total. The number of ether oxygens (including phenoxy) is 3. The minimum atomic E-state index is -0.537. The van der Waals surface area contributed by atoms with E-state index in [4.69, 9.17) is 14.2 Å². The van der Waals surface area contributed by atoms with E-state index < -0.39 is 6.10 Å². The Morgan fingerprint density at radius 2 is 0.636 bits per heavy atom. The highest BCUT2D eigenvalue weighted by molar-refractivity contribution is 5.70. The van der Waals surface area contributed by atoms with Crippen LogP contribution in [0.25, 0.3) is 0 Å². The van der Waals surface area contributed by atoms with Crippen molar-refractivity contribution < 1.29 is 23.8 Å². The Labute approximate surface area is 412 Å². The monoisotopic (exact) mass is 927 g/mol. The predicted octanol–water partition coefficient (Wildman–Crippen LogP) is 20.1. The summed E-state index contributed by atoms with van der Waals surface area (Å²) in [7, 11) is 0. The summed E-state index contributed by atoms with van der Waals surface area (Å²) in [5, 5.41) is 0. The standard InChI is InChI=1S/C61H114O5/c1-4-7-10-13-16-19-22-25-28-30-31-33-34-36-39-42-45-48-51-54-60(62)65-58-59(57-64-56-53-50-47-44-41-38-27-24-21-18-15-12-9-6-3)66-61(63)55-52-49-46-43-40-37-35-32-29-26-23-20-17-14-11-8-5-2/h16,19,21,24-25,28,59H,4-15,17-18,20,22-23,26-27,29-58H2,1-3H3/b19-16-,24-21-,28-25-. The van der Waals surface area contributed by atoms with Gasteiger partial charge in [-0.2, -0.15) is 0 Å². The van der Waals surface area contributed by atoms with Gasteiger partial charge < -0.3 is 14.2 Å². The molecule has 66 heavy (non-hydrogen) atoms. The molecule has 5 nitrogen and oxygen atoms in total. The summed E-state index contributed by atoms with van der Waals surface area (Å²) in [6, 6.07) is 0. The maximum atomic E-state index is 12.9. The fourth-order valence-electron chi connectivity index (χ4n) is 8.71. The number of carbonyl (C=O) groups is 2. The van der Waals surface area contributed by atoms with E-state index in [2.05, 4.69) is 57.2 Å². The first kappa shape index (κ1) is 64.1. The van der Waals surface area contributed by atoms with E-state index in [0.717, 1.165) is 44.9 Å². The van der Waals surface area contributed by atoms with Gasteiger partial charge in [-0.05, 0) is 77.0 Å². The highest BCUT2D eigenvalue weighted by Crippen LogP contribution is 2.16. The van der Waals surface area contributed by atoms with Gasteiger partial charge in [0.1, 0.15) is 6.61 Å². The largest absolute Gasteiger partial charge is 0.462 e. The van der Waals surface area contributed by atoms with Gasteiger partial charge in [-0.3, -0.25) is 9.59 Å². The molecule has 0 rings (SSSR count). The molecule has 0 saturated heterocycles. The third kappa shape index (κ3) is 54.7. The third-order valence-corrected chi connectivity index (χ3v) is 13.1. The first-order valence-electron chi connectivity index (χ1n) is 29.5. The highest BCUT2D eigenvalue weighted by Gasteiger charge is 2.17. The maximum absolute atomic E-state index is 12.9. The summed E-state index contributed by atoms with van der Waals surface area (Å²) in [4.78, 5) is 25.5. The molecule has 0 aliphatic heterocycles. The summed E-state index contributed by atoms with van der Waals surface area (Å²) in [6.07, 6.45) is 70.2. The van der Waals surface area contributed by atoms with Gasteiger partial charge in [0.15, 0.2) is 6.10 Å². The SMILES string of the molecule is CCCCC/C=C\C/C=C\CCCCCCCCCCCC(=O)OCC(COCCCCCCCC/C=C\CCCCCC)OC(=O)CCCCCCCCCCCCCCCCCCC. The molecule has 0 radical (unpaired) electrons. The van der Waals surface area contributed by atoms with Crippen LogP contribution in [0.1, 0.15) is 316 Å². The molecular weight excluding hydrogens is 813 g/mol. The molecule has 0 aromatic carbocycles. The first-order chi connectivity index (χ1) is 32.6. The van der Waals surface area contributed by atoms with E-state index in [0.29, 0.717) is 19.4 Å². The van der Waals surface area contributed by atoms with Gasteiger partial charge in [0.25, 0.3) is 0 Å². The van der Waals surface area contributed by atoms with Gasteiger partial charge in [-0.15, -0.1) is 0 Å². The Kier molecular flexibility index (Phi) is 55.8. The number of rotatable bonds is 55. The molecule has 388 valence electrons. The van der Waals surface area contributed by atoms with Crippen molar-refractivity contribution in [2.75, 3.05) is 19.8 Å². The Morgan fingerprint density at radius 3 is 1.06 bits per heavy atom. The molecule has 0 spiro atoms. The zero-order valence-corrected chi connectivity index (χ0v) is 44.7. The summed E-state index contributed by atoms with van der Waals surface area (Å²) in [6.45, 7) is 7.84. The van der Waals surface area contributed by atoms with Gasteiger partial charge in [-0.1, -0.05) is 263 Å². The van der Waals surface area contributed by atoms with Crippen LogP contribution in [-0.4, -0.2) is 37.9 Å². The van der Waals surface area contributed by atoms with Crippen LogP contribution in [0, 0.1) is 0 Å². The lowest BCUT2D eigenvalue weighted by Gasteiger charge is -2.18. The average molecular weight is 928 g/mol. The lowest BCUT2D eigenvalue weighted by Crippen LogP contribution is -2.30. The fourth-order valence-corrected chi connectivity index (χ4v) is 8.71. The Hall–Kier alpha value is -1.88. The van der Waals surface area contributed by atoms with Crippen molar-refractivity contribution in [3.63, 3.8) is 0 Å². The molecule has 0 amide bonds. The molecule has 0 aromatic heterocycles. The van der Waals surface area contributed by atoms with Crippen LogP contribution < -0.4 is 0 Å². The molecule has 1 atom stereocenters. The quantitative estimate of drug-likeness (QED) is 0.0345. The van der Waals surface area contributed by atoms with E-state index in [1.165, 1.54) is 238 Å². The number of allylic oxidation sites excluding steroid dienone is 6. The van der Waals surface area contributed by atoms with Crippen molar-refractivity contribution in [1.29, 1.82) is 0 Å². The molecule has 0 fully saturated rings. The minimum absolute atomic E-state index is 0.0861. The minimum Gasteiger partial charge on any atom is -0.462 e. The van der Waals surface area contributed by atoms with Gasteiger partial charge in [-0.25, -0.2) is 0 Å². The Balaban J connectivity index is 4.22. The van der Waals surface area contributed by atoms with Crippen LogP contribution in [-0.2, 0) is 23.8 Å². The van der Waals surface area contributed by atoms with Crippen molar-refractivity contribution >= 4 is 11.9 Å². The van der Waals surface area contributed by atoms with E-state index >= 15 is 0 Å². The van der Waals surface area contributed by atoms with Crippen molar-refractivity contribution in [2.45, 2.75) is 322 Å². The van der Waals surface area contributed by atoms with E-state index in [1.54, 1.807) is 0 Å². The number of hydrogen-bond acceptors (Lipinski definition) is 5. The summed E-state index contributed by atoms with van der Waals surface area (Å²) >= 11 is 0. The summed E-state index contributed by atoms with van der Waals surface area (Å²) < 4.78 is 17.5. The van der Waals surface area contributed by atoms with Crippen LogP contribution in [0.3, 0.4) is 0 Å². The van der Waals surface area contributed by atoms with Crippen molar-refractivity contribution in [3.05, 3.63) is 36.5 Å². The normalized spacial score (nSPS) is 12.3. The summed E-state index contributed by atoms with van der Waals surface area (Å²) in [5.41, 5.74) is 0. The third-order valence-electron chi connectivity index (χ3n) is 13.1. The van der Waals surface area contributed by atoms with Crippen molar-refractivity contribution in [3.8, 4) is 0 Å².